The highest BCUT2D eigenvalue weighted by Gasteiger charge is 2.60. The lowest BCUT2D eigenvalue weighted by atomic mass is 10.9. The summed E-state index contributed by atoms with van der Waals surface area (Å²) in [7, 11) is -3.78. The lowest BCUT2D eigenvalue weighted by Gasteiger charge is -2.43. The van der Waals surface area contributed by atoms with Gasteiger partial charge >= 0.3 is 0 Å². The first-order chi connectivity index (χ1) is 5.54. The molecule has 0 unspecified atom stereocenters. The smallest absolute Gasteiger partial charge is 0.291 e. The van der Waals surface area contributed by atoms with Gasteiger partial charge in [-0.05, 0) is 13.8 Å². The molecular formula is C6H14Cl2O2Si2. The molecule has 0 atom stereocenters. The molecule has 0 N–H and O–H groups in total. The summed E-state index contributed by atoms with van der Waals surface area (Å²) >= 11 is 12.4. The van der Waals surface area contributed by atoms with Crippen LogP contribution in [0.15, 0.2) is 0 Å². The first-order valence-corrected chi connectivity index (χ1v) is 10.9. The van der Waals surface area contributed by atoms with E-state index in [1.807, 2.05) is 13.8 Å². The van der Waals surface area contributed by atoms with E-state index in [2.05, 4.69) is 0 Å². The third-order valence-corrected chi connectivity index (χ3v) is 17.4. The Morgan fingerprint density at radius 2 is 1.33 bits per heavy atom. The maximum absolute atomic E-state index is 6.21. The zero-order chi connectivity index (χ0) is 9.24. The van der Waals surface area contributed by atoms with E-state index >= 15 is 0 Å². The monoisotopic (exact) mass is 244 g/mol. The van der Waals surface area contributed by atoms with Gasteiger partial charge in [0.15, 0.2) is 0 Å². The summed E-state index contributed by atoms with van der Waals surface area (Å²) in [4.78, 5) is 0. The van der Waals surface area contributed by atoms with Crippen LogP contribution in [-0.2, 0) is 8.85 Å². The predicted octanol–water partition coefficient (Wildman–Crippen LogP) is 2.51. The van der Waals surface area contributed by atoms with Gasteiger partial charge in [0, 0.05) is 24.5 Å². The van der Waals surface area contributed by atoms with Gasteiger partial charge in [-0.15, -0.1) is 22.2 Å². The topological polar surface area (TPSA) is 18.5 Å². The molecule has 0 bridgehead atoms. The van der Waals surface area contributed by atoms with E-state index in [0.29, 0.717) is 13.2 Å². The van der Waals surface area contributed by atoms with Crippen LogP contribution in [0.25, 0.3) is 0 Å². The average Bonchev–Trinajstić information content (AvgIpc) is 1.84. The van der Waals surface area contributed by atoms with E-state index in [-0.39, 0.29) is 0 Å². The fourth-order valence-electron chi connectivity index (χ4n) is 1.46. The lowest BCUT2D eigenvalue weighted by Crippen LogP contribution is -2.60. The standard InChI is InChI=1S/C6H14Cl2O2Si2/c1-3-9-11(7)5-12(8,6-11)10-4-2/h3-6H2,1-2H3. The van der Waals surface area contributed by atoms with Crippen LogP contribution in [0.1, 0.15) is 13.8 Å². The first kappa shape index (κ1) is 11.0. The second kappa shape index (κ2) is 3.98. The van der Waals surface area contributed by atoms with Crippen LogP contribution in [-0.4, -0.2) is 28.5 Å². The third kappa shape index (κ3) is 2.46. The van der Waals surface area contributed by atoms with E-state index in [1.165, 1.54) is 0 Å². The van der Waals surface area contributed by atoms with E-state index < -0.39 is 15.3 Å². The van der Waals surface area contributed by atoms with Crippen molar-refractivity contribution in [1.82, 2.24) is 0 Å². The molecule has 0 amide bonds. The molecule has 0 aromatic carbocycles. The van der Waals surface area contributed by atoms with Crippen LogP contribution in [0.3, 0.4) is 0 Å². The van der Waals surface area contributed by atoms with Crippen molar-refractivity contribution in [3.63, 3.8) is 0 Å². The van der Waals surface area contributed by atoms with Crippen molar-refractivity contribution in [2.24, 2.45) is 0 Å². The Labute approximate surface area is 84.8 Å². The molecule has 6 heteroatoms. The summed E-state index contributed by atoms with van der Waals surface area (Å²) in [6.07, 6.45) is 0. The minimum atomic E-state index is -1.89. The molecule has 0 aromatic rings. The largest absolute Gasteiger partial charge is 0.403 e. The zero-order valence-corrected chi connectivity index (χ0v) is 10.9. The molecular weight excluding hydrogens is 231 g/mol. The van der Waals surface area contributed by atoms with Gasteiger partial charge in [0.25, 0.3) is 15.3 Å². The summed E-state index contributed by atoms with van der Waals surface area (Å²) in [6.45, 7) is 5.33. The fraction of sp³-hybridized carbons (Fsp3) is 1.00. The summed E-state index contributed by atoms with van der Waals surface area (Å²) in [6, 6.07) is 0. The Morgan fingerprint density at radius 3 is 1.58 bits per heavy atom. The maximum atomic E-state index is 6.21. The van der Waals surface area contributed by atoms with Gasteiger partial charge in [-0.2, -0.15) is 0 Å². The SMILES string of the molecule is CCO[Si]1(Cl)C[Si](Cl)(OCC)C1. The van der Waals surface area contributed by atoms with Crippen molar-refractivity contribution in [3.05, 3.63) is 0 Å². The number of rotatable bonds is 4. The number of halogens is 2. The molecule has 0 spiro atoms. The van der Waals surface area contributed by atoms with Crippen LogP contribution in [0.5, 0.6) is 0 Å². The minimum Gasteiger partial charge on any atom is -0.403 e. The van der Waals surface area contributed by atoms with Gasteiger partial charge in [-0.3, -0.25) is 0 Å². The molecule has 0 saturated carbocycles. The normalized spacial score (nSPS) is 41.0. The second-order valence-electron chi connectivity index (χ2n) is 2.99. The lowest BCUT2D eigenvalue weighted by molar-refractivity contribution is 0.306. The predicted molar refractivity (Wildman–Crippen MR) is 56.1 cm³/mol. The van der Waals surface area contributed by atoms with Crippen LogP contribution < -0.4 is 0 Å². The Balaban J connectivity index is 2.34. The molecule has 1 fully saturated rings. The molecule has 0 aliphatic carbocycles. The minimum absolute atomic E-state index is 0.698. The van der Waals surface area contributed by atoms with Crippen LogP contribution in [0.4, 0.5) is 0 Å². The van der Waals surface area contributed by atoms with Crippen molar-refractivity contribution < 1.29 is 8.85 Å². The molecule has 0 aromatic heterocycles. The van der Waals surface area contributed by atoms with Crippen molar-refractivity contribution in [2.45, 2.75) is 25.2 Å². The van der Waals surface area contributed by atoms with E-state index in [0.717, 1.165) is 11.3 Å². The number of hydrogen-bond donors (Lipinski definition) is 0. The second-order valence-corrected chi connectivity index (χ2v) is 14.1. The molecule has 0 radical (unpaired) electrons. The van der Waals surface area contributed by atoms with E-state index in [1.54, 1.807) is 0 Å². The molecule has 1 rings (SSSR count). The van der Waals surface area contributed by atoms with Crippen molar-refractivity contribution in [1.29, 1.82) is 0 Å². The molecule has 1 saturated heterocycles. The molecule has 72 valence electrons. The van der Waals surface area contributed by atoms with Crippen LogP contribution >= 0.6 is 22.2 Å². The van der Waals surface area contributed by atoms with Crippen molar-refractivity contribution in [2.75, 3.05) is 13.2 Å². The summed E-state index contributed by atoms with van der Waals surface area (Å²) in [5, 5.41) is 0. The average molecular weight is 245 g/mol. The highest BCUT2D eigenvalue weighted by Crippen LogP contribution is 2.46. The third-order valence-electron chi connectivity index (χ3n) is 1.86. The molecule has 2 nitrogen and oxygen atoms in total. The van der Waals surface area contributed by atoms with Crippen molar-refractivity contribution >= 4 is 37.4 Å². The van der Waals surface area contributed by atoms with Crippen LogP contribution in [0.2, 0.25) is 11.3 Å². The highest BCUT2D eigenvalue weighted by atomic mass is 35.6. The zero-order valence-electron chi connectivity index (χ0n) is 7.40. The summed E-state index contributed by atoms with van der Waals surface area (Å²) in [5.41, 5.74) is 1.68. The Bertz CT molecular complexity index is 146. The Hall–Kier alpha value is 0.934. The van der Waals surface area contributed by atoms with Gasteiger partial charge in [0.1, 0.15) is 0 Å². The quantitative estimate of drug-likeness (QED) is 0.559. The van der Waals surface area contributed by atoms with Gasteiger partial charge in [0.05, 0.1) is 0 Å². The van der Waals surface area contributed by atoms with Gasteiger partial charge in [0.2, 0.25) is 0 Å². The van der Waals surface area contributed by atoms with E-state index in [4.69, 9.17) is 31.0 Å². The maximum Gasteiger partial charge on any atom is 0.291 e. The molecule has 1 aliphatic heterocycles. The molecule has 1 heterocycles. The Kier molecular flexibility index (Phi) is 3.65. The van der Waals surface area contributed by atoms with E-state index in [9.17, 15) is 0 Å². The van der Waals surface area contributed by atoms with Gasteiger partial charge in [-0.25, -0.2) is 0 Å². The molecule has 1 aliphatic rings. The highest BCUT2D eigenvalue weighted by molar-refractivity contribution is 7.41. The summed E-state index contributed by atoms with van der Waals surface area (Å²) in [5.74, 6) is 0. The van der Waals surface area contributed by atoms with Crippen LogP contribution in [0, 0.1) is 0 Å². The first-order valence-electron chi connectivity index (χ1n) is 4.19. The summed E-state index contributed by atoms with van der Waals surface area (Å²) < 4.78 is 11.0. The molecule has 12 heavy (non-hydrogen) atoms. The van der Waals surface area contributed by atoms with Gasteiger partial charge in [-0.1, -0.05) is 0 Å². The Morgan fingerprint density at radius 1 is 1.00 bits per heavy atom. The van der Waals surface area contributed by atoms with Crippen molar-refractivity contribution in [3.8, 4) is 0 Å². The fourth-order valence-corrected chi connectivity index (χ4v) is 19.7. The number of hydrogen-bond acceptors (Lipinski definition) is 2. The van der Waals surface area contributed by atoms with Gasteiger partial charge < -0.3 is 8.85 Å².